The number of hydrogen-bond donors (Lipinski definition) is 9. The number of nitrogens with one attached hydrogen (secondary N) is 1. The Hall–Kier alpha value is -8.44. The molecular formula is C69H83F2N7O33P4. The highest BCUT2D eigenvalue weighted by atomic mass is 31.2. The average Bonchev–Trinajstić information content (AvgIpc) is 1.48. The van der Waals surface area contributed by atoms with Crippen LogP contribution in [0.4, 0.5) is 8.78 Å². The Morgan fingerprint density at radius 3 is 1.42 bits per heavy atom. The summed E-state index contributed by atoms with van der Waals surface area (Å²) in [5, 5.41) is 12.6. The van der Waals surface area contributed by atoms with Crippen LogP contribution in [-0.2, 0) is 118 Å². The molecule has 0 aromatic heterocycles. The van der Waals surface area contributed by atoms with Gasteiger partial charge in [0, 0.05) is 41.9 Å². The summed E-state index contributed by atoms with van der Waals surface area (Å²) in [7, 11) is -17.1. The number of nitriles is 1. The molecule has 0 saturated carbocycles. The number of carbonyl (C=O) groups is 12. The van der Waals surface area contributed by atoms with Gasteiger partial charge >= 0.3 is 59.7 Å². The molecule has 0 spiro atoms. The van der Waals surface area contributed by atoms with E-state index >= 15 is 8.78 Å². The Bertz CT molecular complexity index is 4590. The first kappa shape index (κ1) is 90.5. The molecule has 8 saturated heterocycles. The second-order valence-corrected chi connectivity index (χ2v) is 36.1. The minimum Gasteiger partial charge on any atom is -0.459 e. The summed E-state index contributed by atoms with van der Waals surface area (Å²) in [5.41, 5.74) is -17.2. The molecule has 12 heterocycles. The van der Waals surface area contributed by atoms with E-state index in [1.807, 2.05) is 0 Å². The molecule has 0 radical (unpaired) electrons. The summed E-state index contributed by atoms with van der Waals surface area (Å²) < 4.78 is 124. The second kappa shape index (κ2) is 33.2. The van der Waals surface area contributed by atoms with Gasteiger partial charge in [-0.25, -0.2) is 29.7 Å². The van der Waals surface area contributed by atoms with Gasteiger partial charge in [-0.2, -0.15) is 5.26 Å². The first-order valence-electron chi connectivity index (χ1n) is 35.2. The Labute approximate surface area is 653 Å². The van der Waals surface area contributed by atoms with E-state index in [1.54, 1.807) is 37.3 Å². The van der Waals surface area contributed by atoms with Gasteiger partial charge in [0.1, 0.15) is 43.2 Å². The van der Waals surface area contributed by atoms with Crippen LogP contribution < -0.4 is 5.32 Å². The average molecular weight is 1700 g/mol. The van der Waals surface area contributed by atoms with E-state index in [9.17, 15) is 81.1 Å². The van der Waals surface area contributed by atoms with Crippen molar-refractivity contribution in [2.45, 2.75) is 111 Å². The van der Waals surface area contributed by atoms with Crippen LogP contribution >= 0.6 is 30.4 Å². The maximum absolute atomic E-state index is 15.9. The maximum Gasteiger partial charge on any atom is 0.374 e. The molecule has 0 aromatic rings. The van der Waals surface area contributed by atoms with E-state index in [0.717, 1.165) is 22.0 Å². The number of alkyl halides is 2. The Morgan fingerprint density at radius 1 is 0.522 bits per heavy atom. The molecule has 8 fully saturated rings. The third kappa shape index (κ3) is 16.4. The van der Waals surface area contributed by atoms with Crippen LogP contribution in [0, 0.1) is 47.0 Å². The molecule has 12 rings (SSSR count). The van der Waals surface area contributed by atoms with Crippen LogP contribution in [-0.4, -0.2) is 297 Å². The quantitative estimate of drug-likeness (QED) is 0.00571. The van der Waals surface area contributed by atoms with E-state index in [1.165, 1.54) is 32.9 Å². The fourth-order valence-corrected chi connectivity index (χ4v) is 17.6. The van der Waals surface area contributed by atoms with Gasteiger partial charge in [-0.1, -0.05) is 56.7 Å². The highest BCUT2D eigenvalue weighted by molar-refractivity contribution is 7.52. The molecule has 12 aliphatic heterocycles. The first-order valence-corrected chi connectivity index (χ1v) is 42.4. The first-order chi connectivity index (χ1) is 53.3. The predicted molar refractivity (Wildman–Crippen MR) is 381 cm³/mol. The number of imide groups is 4. The Kier molecular flexibility index (Phi) is 26.1. The molecule has 0 aromatic carbocycles. The summed E-state index contributed by atoms with van der Waals surface area (Å²) in [6, 6.07) is 1.80. The van der Waals surface area contributed by atoms with Gasteiger partial charge in [0.15, 0.2) is 5.60 Å². The largest absolute Gasteiger partial charge is 0.459 e. The maximum atomic E-state index is 15.9. The van der Waals surface area contributed by atoms with Crippen LogP contribution in [0.1, 0.15) is 47.0 Å². The molecule has 626 valence electrons. The van der Waals surface area contributed by atoms with E-state index in [0.29, 0.717) is 15.4 Å². The molecule has 16 unspecified atom stereocenters. The lowest BCUT2D eigenvalue weighted by molar-refractivity contribution is -0.162. The van der Waals surface area contributed by atoms with Crippen molar-refractivity contribution in [3.63, 3.8) is 0 Å². The fraction of sp³-hybridized carbons (Fsp3) is 0.565. The molecule has 12 aliphatic rings. The monoisotopic (exact) mass is 1700 g/mol. The zero-order chi connectivity index (χ0) is 85.7. The Morgan fingerprint density at radius 2 is 0.939 bits per heavy atom. The third-order valence-corrected chi connectivity index (χ3v) is 24.4. The number of amides is 9. The van der Waals surface area contributed by atoms with Gasteiger partial charge in [-0.15, -0.1) is 0 Å². The van der Waals surface area contributed by atoms with E-state index < -0.39 is 221 Å². The molecule has 9 N–H and O–H groups in total. The van der Waals surface area contributed by atoms with E-state index in [-0.39, 0.29) is 113 Å². The number of nitrogens with zero attached hydrogens (tertiary/aromatic N) is 6. The normalized spacial score (nSPS) is 32.8. The number of rotatable bonds is 33. The number of carbonyl (C=O) groups excluding carboxylic acids is 12. The minimum atomic E-state index is -4.42. The topological polar surface area (TPSA) is 571 Å². The van der Waals surface area contributed by atoms with Gasteiger partial charge in [-0.05, 0) is 65.2 Å². The molecule has 0 aliphatic carbocycles. The van der Waals surface area contributed by atoms with Gasteiger partial charge in [0.05, 0.1) is 106 Å². The molecule has 9 amide bonds. The van der Waals surface area contributed by atoms with Gasteiger partial charge < -0.3 is 87.1 Å². The van der Waals surface area contributed by atoms with Crippen molar-refractivity contribution in [3.05, 3.63) is 109 Å². The lowest BCUT2D eigenvalue weighted by Crippen LogP contribution is -2.63. The summed E-state index contributed by atoms with van der Waals surface area (Å²) in [5.74, 6) is -12.1. The van der Waals surface area contributed by atoms with Crippen LogP contribution in [0.15, 0.2) is 97.2 Å². The molecule has 16 atom stereocenters. The van der Waals surface area contributed by atoms with Crippen LogP contribution in [0.2, 0.25) is 0 Å². The number of hydrogen-bond acceptors (Lipinski definition) is 26. The number of ether oxygens (including phenoxy) is 9. The zero-order valence-corrected chi connectivity index (χ0v) is 65.6. The number of esters is 3. The number of fused-ring (bicyclic) bond motifs is 20. The Balaban J connectivity index is 0.000000176. The standard InChI is InChI=1S/C19H26NO10P.C18H18N3O8P.C16H18F2NO8P.C16H21N2O7P/c1-12(2)18(23)29-11-19-4-3-13(30-19)14-15(19)17(22)20(16(14)21)5-6-27-7-8-28-9-10-31(24,25)26;1-11(2)13(22)28-10-16-6-5-12(29-16)17(9-19)14(23)21(7-4-8-30(25,26)27)15(24)18(16,17)20-3;1-9(2)11(20)26-8-14-5-4-10(27-14)15(17)12(21)19(13(22)16(14,15)18)6-3-7-28(23,24)25;1-9(2)13(19)17-8-16-5-4-10(25-16)11-12(16)15(21)18(14(11)20)6-3-7-26(22,23)24/h3-4,13-15H,1,5-11H2,2H3,(H2,24,25,26);5-6,12H,1,4,7-8,10H2,2H3,(H2,25,26,27);4-5,10H,1,3,6-8H2,2H3,(H2,23,24,25);4-5,10-12H,1,3,6-8H2,2H3,(H,17,19)(H2,22,23,24). The van der Waals surface area contributed by atoms with Crippen molar-refractivity contribution < 1.29 is 166 Å². The predicted octanol–water partition coefficient (Wildman–Crippen LogP) is -0.736. The lowest BCUT2D eigenvalue weighted by Gasteiger charge is -2.34. The van der Waals surface area contributed by atoms with Crippen LogP contribution in [0.25, 0.3) is 4.85 Å². The molecular weight excluding hydrogens is 1620 g/mol. The fourth-order valence-electron chi connectivity index (χ4n) is 15.6. The second-order valence-electron chi connectivity index (χ2n) is 29.0. The summed E-state index contributed by atoms with van der Waals surface area (Å²) in [4.78, 5) is 228. The van der Waals surface area contributed by atoms with Gasteiger partial charge in [0.2, 0.25) is 35.1 Å². The molecule has 115 heavy (non-hydrogen) atoms. The number of likely N-dealkylation sites (tertiary alicyclic amines) is 4. The van der Waals surface area contributed by atoms with Crippen LogP contribution in [0.3, 0.4) is 0 Å². The molecule has 8 bridgehead atoms. The summed E-state index contributed by atoms with van der Waals surface area (Å²) in [6.07, 6.45) is 5.16. The lowest BCUT2D eigenvalue weighted by atomic mass is 9.61. The third-order valence-electron chi connectivity index (χ3n) is 21.0. The van der Waals surface area contributed by atoms with Gasteiger partial charge in [-0.3, -0.25) is 85.9 Å². The van der Waals surface area contributed by atoms with Crippen molar-refractivity contribution in [2.75, 3.05) is 104 Å². The molecule has 46 heteroatoms. The van der Waals surface area contributed by atoms with Gasteiger partial charge in [0.25, 0.3) is 34.5 Å². The minimum absolute atomic E-state index is 0.0137. The van der Waals surface area contributed by atoms with E-state index in [2.05, 4.69) is 36.5 Å². The highest BCUT2D eigenvalue weighted by Crippen LogP contribution is 2.65. The van der Waals surface area contributed by atoms with Crippen molar-refractivity contribution in [2.24, 2.45) is 29.1 Å². The zero-order valence-electron chi connectivity index (χ0n) is 62.0. The summed E-state index contributed by atoms with van der Waals surface area (Å²) >= 11 is 0. The van der Waals surface area contributed by atoms with Crippen LogP contribution in [0.5, 0.6) is 0 Å². The SMILES string of the molecule is C=C(C)C(=O)NCC12C=CC(O1)C1C(=O)N(CCCP(=O)(O)O)C(=O)C12.C=C(C)C(=O)OCC12C=CC(O1)C1(F)C(=O)N(CCCP(=O)(O)O)C(=O)C21F.C=C(C)C(=O)OCC12C=CC(O1)C1C(=O)N(CCOCCOCCP(=O)(O)O)C(=O)C12.[C-]#[N+]C12C(=O)N(CCCP(=O)(O)O)C(=O)C1(C#N)C1C=CC2(COC(=O)C(=C)C)O1. The summed E-state index contributed by atoms with van der Waals surface area (Å²) in [6.45, 7) is 25.2. The van der Waals surface area contributed by atoms with Crippen molar-refractivity contribution >= 4 is 101 Å². The van der Waals surface area contributed by atoms with Crippen molar-refractivity contribution in [1.29, 1.82) is 5.26 Å². The molecule has 40 nitrogen and oxygen atoms in total. The number of halogens is 2. The van der Waals surface area contributed by atoms with E-state index in [4.69, 9.17) is 88.4 Å². The smallest absolute Gasteiger partial charge is 0.374 e. The highest BCUT2D eigenvalue weighted by Gasteiger charge is 2.93. The van der Waals surface area contributed by atoms with Crippen molar-refractivity contribution in [1.82, 2.24) is 24.9 Å². The van der Waals surface area contributed by atoms with Crippen molar-refractivity contribution in [3.8, 4) is 6.07 Å².